The van der Waals surface area contributed by atoms with E-state index in [1.54, 1.807) is 24.3 Å². The minimum Gasteiger partial charge on any atom is -0.326 e. The highest BCUT2D eigenvalue weighted by molar-refractivity contribution is 5.97. The topological polar surface area (TPSA) is 87.3 Å². The molecule has 3 amide bonds. The highest BCUT2D eigenvalue weighted by Crippen LogP contribution is 2.25. The molecule has 0 radical (unpaired) electrons. The van der Waals surface area contributed by atoms with Crippen LogP contribution in [0.25, 0.3) is 0 Å². The number of nitrogens with one attached hydrogen (secondary N) is 3. The van der Waals surface area contributed by atoms with Gasteiger partial charge < -0.3 is 5.32 Å². The molecule has 0 bridgehead atoms. The van der Waals surface area contributed by atoms with Gasteiger partial charge in [0.05, 0.1) is 6.42 Å². The summed E-state index contributed by atoms with van der Waals surface area (Å²) in [6, 6.07) is 15.9. The molecule has 1 aliphatic carbocycles. The monoisotopic (exact) mass is 379 g/mol. The molecule has 0 spiro atoms. The van der Waals surface area contributed by atoms with Crippen LogP contribution in [0, 0.1) is 5.92 Å². The molecule has 6 heteroatoms. The van der Waals surface area contributed by atoms with Gasteiger partial charge in [-0.25, -0.2) is 0 Å². The van der Waals surface area contributed by atoms with Crippen LogP contribution in [0.4, 0.5) is 5.69 Å². The fourth-order valence-electron chi connectivity index (χ4n) is 3.34. The molecule has 1 aliphatic rings. The van der Waals surface area contributed by atoms with E-state index in [4.69, 9.17) is 0 Å². The molecule has 0 atom stereocenters. The highest BCUT2D eigenvalue weighted by atomic mass is 16.2. The predicted octanol–water partition coefficient (Wildman–Crippen LogP) is 3.21. The van der Waals surface area contributed by atoms with Gasteiger partial charge in [0.2, 0.25) is 11.8 Å². The van der Waals surface area contributed by atoms with Crippen LogP contribution < -0.4 is 16.2 Å². The van der Waals surface area contributed by atoms with E-state index in [0.717, 1.165) is 31.2 Å². The maximum Gasteiger partial charge on any atom is 0.269 e. The normalized spacial score (nSPS) is 14.1. The molecule has 1 saturated carbocycles. The van der Waals surface area contributed by atoms with Crippen molar-refractivity contribution >= 4 is 23.4 Å². The van der Waals surface area contributed by atoms with E-state index in [2.05, 4.69) is 16.2 Å². The maximum atomic E-state index is 12.3. The van der Waals surface area contributed by atoms with Gasteiger partial charge in [-0.1, -0.05) is 49.6 Å². The summed E-state index contributed by atoms with van der Waals surface area (Å²) in [5.41, 5.74) is 6.75. The zero-order chi connectivity index (χ0) is 19.8. The molecule has 6 nitrogen and oxygen atoms in total. The summed E-state index contributed by atoms with van der Waals surface area (Å²) < 4.78 is 0. The Morgan fingerprint density at radius 2 is 1.50 bits per heavy atom. The molecule has 0 heterocycles. The third-order valence-corrected chi connectivity index (χ3v) is 4.91. The maximum absolute atomic E-state index is 12.3. The van der Waals surface area contributed by atoms with Gasteiger partial charge in [0.15, 0.2) is 0 Å². The number of carbonyl (C=O) groups is 3. The fourth-order valence-corrected chi connectivity index (χ4v) is 3.34. The first-order valence-corrected chi connectivity index (χ1v) is 9.66. The first-order chi connectivity index (χ1) is 13.6. The van der Waals surface area contributed by atoms with Crippen LogP contribution in [-0.2, 0) is 16.0 Å². The van der Waals surface area contributed by atoms with Crippen LogP contribution in [0.3, 0.4) is 0 Å². The molecule has 3 N–H and O–H groups in total. The van der Waals surface area contributed by atoms with Gasteiger partial charge in [0.1, 0.15) is 0 Å². The molecule has 0 aromatic heterocycles. The number of benzene rings is 2. The Balaban J connectivity index is 1.46. The molecule has 3 rings (SSSR count). The standard InChI is InChI=1S/C22H25N3O3/c26-20(15-16-7-3-1-4-8-16)24-25-22(28)18-11-13-19(14-12-18)23-21(27)17-9-5-2-6-10-17/h1,3-4,7-8,11-14,17H,2,5-6,9-10,15H2,(H,23,27)(H,24,26)(H,25,28). The Hall–Kier alpha value is -3.15. The molecule has 146 valence electrons. The first-order valence-electron chi connectivity index (χ1n) is 9.66. The molecular weight excluding hydrogens is 354 g/mol. The van der Waals surface area contributed by atoms with Gasteiger partial charge in [-0.15, -0.1) is 0 Å². The van der Waals surface area contributed by atoms with Crippen molar-refractivity contribution < 1.29 is 14.4 Å². The van der Waals surface area contributed by atoms with Crippen LogP contribution in [0.15, 0.2) is 54.6 Å². The minimum absolute atomic E-state index is 0.0464. The lowest BCUT2D eigenvalue weighted by molar-refractivity contribution is -0.121. The second-order valence-corrected chi connectivity index (χ2v) is 7.07. The van der Waals surface area contributed by atoms with E-state index in [1.165, 1.54) is 6.42 Å². The van der Waals surface area contributed by atoms with Gasteiger partial charge in [-0.2, -0.15) is 0 Å². The summed E-state index contributed by atoms with van der Waals surface area (Å²) in [5.74, 6) is -0.580. The van der Waals surface area contributed by atoms with E-state index in [1.807, 2.05) is 30.3 Å². The zero-order valence-corrected chi connectivity index (χ0v) is 15.7. The average molecular weight is 379 g/mol. The van der Waals surface area contributed by atoms with Crippen molar-refractivity contribution in [2.24, 2.45) is 5.92 Å². The van der Waals surface area contributed by atoms with E-state index < -0.39 is 5.91 Å². The molecule has 0 saturated heterocycles. The van der Waals surface area contributed by atoms with Gasteiger partial charge in [0, 0.05) is 17.2 Å². The van der Waals surface area contributed by atoms with Crippen molar-refractivity contribution in [2.75, 3.05) is 5.32 Å². The third kappa shape index (κ3) is 5.67. The summed E-state index contributed by atoms with van der Waals surface area (Å²) >= 11 is 0. The van der Waals surface area contributed by atoms with Gasteiger partial charge >= 0.3 is 0 Å². The summed E-state index contributed by atoms with van der Waals surface area (Å²) in [5, 5.41) is 2.91. The SMILES string of the molecule is O=C(Cc1ccccc1)NNC(=O)c1ccc(NC(=O)C2CCCCC2)cc1. The number of amides is 3. The molecule has 0 aliphatic heterocycles. The van der Waals surface area contributed by atoms with E-state index >= 15 is 0 Å². The summed E-state index contributed by atoms with van der Waals surface area (Å²) in [6.07, 6.45) is 5.48. The number of carbonyl (C=O) groups excluding carboxylic acids is 3. The Morgan fingerprint density at radius 3 is 2.18 bits per heavy atom. The van der Waals surface area contributed by atoms with Crippen molar-refractivity contribution in [2.45, 2.75) is 38.5 Å². The van der Waals surface area contributed by atoms with Gasteiger partial charge in [0.25, 0.3) is 5.91 Å². The van der Waals surface area contributed by atoms with E-state index in [9.17, 15) is 14.4 Å². The van der Waals surface area contributed by atoms with Crippen LogP contribution in [0.1, 0.15) is 48.0 Å². The Bertz CT molecular complexity index is 813. The minimum atomic E-state index is -0.411. The second kappa shape index (κ2) is 9.69. The lowest BCUT2D eigenvalue weighted by Crippen LogP contribution is -2.42. The van der Waals surface area contributed by atoms with E-state index in [0.29, 0.717) is 11.3 Å². The number of hydrazine groups is 1. The van der Waals surface area contributed by atoms with Crippen LogP contribution >= 0.6 is 0 Å². The molecule has 1 fully saturated rings. The summed E-state index contributed by atoms with van der Waals surface area (Å²) in [4.78, 5) is 36.3. The lowest BCUT2D eigenvalue weighted by atomic mass is 9.88. The number of hydrogen-bond donors (Lipinski definition) is 3. The lowest BCUT2D eigenvalue weighted by Gasteiger charge is -2.20. The van der Waals surface area contributed by atoms with Crippen LogP contribution in [0.5, 0.6) is 0 Å². The van der Waals surface area contributed by atoms with Crippen molar-refractivity contribution in [1.29, 1.82) is 0 Å². The van der Waals surface area contributed by atoms with Crippen LogP contribution in [0.2, 0.25) is 0 Å². The molecular formula is C22H25N3O3. The van der Waals surface area contributed by atoms with Crippen molar-refractivity contribution in [1.82, 2.24) is 10.9 Å². The smallest absolute Gasteiger partial charge is 0.269 e. The number of rotatable bonds is 5. The highest BCUT2D eigenvalue weighted by Gasteiger charge is 2.21. The predicted molar refractivity (Wildman–Crippen MR) is 107 cm³/mol. The van der Waals surface area contributed by atoms with Crippen molar-refractivity contribution in [3.63, 3.8) is 0 Å². The fraction of sp³-hybridized carbons (Fsp3) is 0.318. The molecule has 0 unspecified atom stereocenters. The Kier molecular flexibility index (Phi) is 6.78. The zero-order valence-electron chi connectivity index (χ0n) is 15.7. The number of hydrogen-bond acceptors (Lipinski definition) is 3. The van der Waals surface area contributed by atoms with Crippen molar-refractivity contribution in [3.8, 4) is 0 Å². The molecule has 28 heavy (non-hydrogen) atoms. The Morgan fingerprint density at radius 1 is 0.821 bits per heavy atom. The van der Waals surface area contributed by atoms with Crippen LogP contribution in [-0.4, -0.2) is 17.7 Å². The van der Waals surface area contributed by atoms with Gasteiger partial charge in [-0.05, 0) is 42.7 Å². The largest absolute Gasteiger partial charge is 0.326 e. The molecule has 2 aromatic rings. The Labute approximate surface area is 164 Å². The van der Waals surface area contributed by atoms with E-state index in [-0.39, 0.29) is 24.2 Å². The molecule has 2 aromatic carbocycles. The summed E-state index contributed by atoms with van der Waals surface area (Å²) in [7, 11) is 0. The summed E-state index contributed by atoms with van der Waals surface area (Å²) in [6.45, 7) is 0. The third-order valence-electron chi connectivity index (χ3n) is 4.91. The average Bonchev–Trinajstić information content (AvgIpc) is 2.74. The second-order valence-electron chi connectivity index (χ2n) is 7.07. The number of anilines is 1. The van der Waals surface area contributed by atoms with Crippen molar-refractivity contribution in [3.05, 3.63) is 65.7 Å². The quantitative estimate of drug-likeness (QED) is 0.697. The van der Waals surface area contributed by atoms with Gasteiger partial charge in [-0.3, -0.25) is 25.2 Å². The first kappa shape index (κ1) is 19.6.